The fourth-order valence-electron chi connectivity index (χ4n) is 2.69. The van der Waals surface area contributed by atoms with Gasteiger partial charge in [-0.25, -0.2) is 9.87 Å². The zero-order chi connectivity index (χ0) is 20.6. The van der Waals surface area contributed by atoms with Gasteiger partial charge in [-0.1, -0.05) is 24.0 Å². The molecule has 6 heteroatoms. The third-order valence-electron chi connectivity index (χ3n) is 5.04. The van der Waals surface area contributed by atoms with Crippen molar-refractivity contribution < 1.29 is 19.5 Å². The highest BCUT2D eigenvalue weighted by Gasteiger charge is 2.49. The molecular formula is C22H23FN2O3. The van der Waals surface area contributed by atoms with Crippen LogP contribution in [-0.4, -0.2) is 41.3 Å². The number of alkyl halides is 1. The van der Waals surface area contributed by atoms with E-state index in [1.807, 2.05) is 30.3 Å². The fraction of sp³-hybridized carbons (Fsp3) is 0.364. The highest BCUT2D eigenvalue weighted by Crippen LogP contribution is 2.36. The number of carbonyl (C=O) groups is 1. The van der Waals surface area contributed by atoms with Crippen LogP contribution in [0.4, 0.5) is 4.39 Å². The number of hydrogen-bond donors (Lipinski definition) is 3. The van der Waals surface area contributed by atoms with Crippen LogP contribution in [0.15, 0.2) is 40.9 Å². The number of nitrogens with one attached hydrogen (secondary N) is 1. The van der Waals surface area contributed by atoms with Crippen LogP contribution < -0.4 is 5.48 Å². The molecular weight excluding hydrogens is 359 g/mol. The Kier molecular flexibility index (Phi) is 7.12. The van der Waals surface area contributed by atoms with Crippen molar-refractivity contribution in [2.45, 2.75) is 32.3 Å². The van der Waals surface area contributed by atoms with Gasteiger partial charge in [0, 0.05) is 17.4 Å². The van der Waals surface area contributed by atoms with Crippen LogP contribution in [0.2, 0.25) is 0 Å². The summed E-state index contributed by atoms with van der Waals surface area (Å²) in [6.07, 6.45) is 4.22. The number of benzene rings is 1. The van der Waals surface area contributed by atoms with E-state index in [0.717, 1.165) is 16.7 Å². The molecule has 0 aliphatic carbocycles. The van der Waals surface area contributed by atoms with Crippen molar-refractivity contribution in [1.29, 1.82) is 0 Å². The van der Waals surface area contributed by atoms with E-state index >= 15 is 0 Å². The minimum absolute atomic E-state index is 0.156. The lowest BCUT2D eigenvalue weighted by molar-refractivity contribution is -0.158. The monoisotopic (exact) mass is 382 g/mol. The Morgan fingerprint density at radius 1 is 1.25 bits per heavy atom. The molecule has 0 aromatic heterocycles. The summed E-state index contributed by atoms with van der Waals surface area (Å²) in [7, 11) is 0. The van der Waals surface area contributed by atoms with Crippen LogP contribution in [0, 0.1) is 29.1 Å². The van der Waals surface area contributed by atoms with Gasteiger partial charge in [-0.3, -0.25) is 15.0 Å². The number of allylic oxidation sites excluding steroid dienone is 1. The first-order chi connectivity index (χ1) is 13.3. The molecule has 1 aromatic carbocycles. The molecule has 1 heterocycles. The largest absolute Gasteiger partial charge is 0.386 e. The third kappa shape index (κ3) is 5.07. The molecule has 0 saturated carbocycles. The van der Waals surface area contributed by atoms with E-state index in [2.05, 4.69) is 28.7 Å². The standard InChI is InChI=1S/C22H23FN2O3/c1-21(20(26)25-28,22(2,27)16-23)13-11-18-9-7-17(8-10-18)5-3-4-6-19-12-14-24-15-19/h7-10,12,15,27-28H,11,13-14,16H2,1-2H3,(H,25,26)/t21?,22-/m1/s1. The van der Waals surface area contributed by atoms with Crippen molar-refractivity contribution in [2.75, 3.05) is 13.2 Å². The predicted octanol–water partition coefficient (Wildman–Crippen LogP) is 2.22. The topological polar surface area (TPSA) is 81.9 Å². The van der Waals surface area contributed by atoms with Crippen LogP contribution in [0.3, 0.4) is 0 Å². The molecule has 0 saturated heterocycles. The number of aliphatic hydroxyl groups is 1. The number of carbonyl (C=O) groups excluding carboxylic acids is 1. The van der Waals surface area contributed by atoms with Crippen molar-refractivity contribution in [1.82, 2.24) is 5.48 Å². The zero-order valence-electron chi connectivity index (χ0n) is 15.9. The molecule has 1 aliphatic rings. The Bertz CT molecular complexity index is 896. The summed E-state index contributed by atoms with van der Waals surface area (Å²) in [6, 6.07) is 7.37. The van der Waals surface area contributed by atoms with E-state index in [4.69, 9.17) is 5.21 Å². The molecule has 1 aromatic rings. The van der Waals surface area contributed by atoms with Crippen LogP contribution >= 0.6 is 0 Å². The van der Waals surface area contributed by atoms with Crippen LogP contribution in [0.1, 0.15) is 31.4 Å². The van der Waals surface area contributed by atoms with E-state index in [9.17, 15) is 14.3 Å². The minimum atomic E-state index is -1.90. The van der Waals surface area contributed by atoms with Crippen molar-refractivity contribution >= 4 is 12.1 Å². The van der Waals surface area contributed by atoms with Gasteiger partial charge in [0.05, 0.1) is 12.0 Å². The van der Waals surface area contributed by atoms with Crippen LogP contribution in [0.5, 0.6) is 0 Å². The number of halogens is 1. The first-order valence-corrected chi connectivity index (χ1v) is 8.86. The minimum Gasteiger partial charge on any atom is -0.386 e. The summed E-state index contributed by atoms with van der Waals surface area (Å²) in [5.74, 6) is 10.6. The van der Waals surface area contributed by atoms with Gasteiger partial charge in [0.2, 0.25) is 0 Å². The average Bonchev–Trinajstić information content (AvgIpc) is 3.23. The predicted molar refractivity (Wildman–Crippen MR) is 105 cm³/mol. The highest BCUT2D eigenvalue weighted by molar-refractivity contribution is 5.87. The van der Waals surface area contributed by atoms with E-state index in [1.165, 1.54) is 19.3 Å². The number of aliphatic imine (C=N–C) groups is 1. The molecule has 2 rings (SSSR count). The molecule has 5 nitrogen and oxygen atoms in total. The molecule has 0 spiro atoms. The lowest BCUT2D eigenvalue weighted by Gasteiger charge is -2.39. The molecule has 1 amide bonds. The number of aryl methyl sites for hydroxylation is 1. The van der Waals surface area contributed by atoms with Gasteiger partial charge in [0.1, 0.15) is 12.3 Å². The summed E-state index contributed by atoms with van der Waals surface area (Å²) in [5, 5.41) is 19.2. The average molecular weight is 382 g/mol. The maximum atomic E-state index is 13.2. The lowest BCUT2D eigenvalue weighted by Crippen LogP contribution is -2.54. The fourth-order valence-corrected chi connectivity index (χ4v) is 2.69. The van der Waals surface area contributed by atoms with Gasteiger partial charge in [-0.15, -0.1) is 0 Å². The van der Waals surface area contributed by atoms with Gasteiger partial charge < -0.3 is 5.11 Å². The number of rotatable bonds is 6. The summed E-state index contributed by atoms with van der Waals surface area (Å²) in [6.45, 7) is 2.24. The third-order valence-corrected chi connectivity index (χ3v) is 5.04. The zero-order valence-corrected chi connectivity index (χ0v) is 15.9. The van der Waals surface area contributed by atoms with Crippen molar-refractivity contribution in [2.24, 2.45) is 10.4 Å². The number of hydrogen-bond acceptors (Lipinski definition) is 4. The van der Waals surface area contributed by atoms with Crippen LogP contribution in [-0.2, 0) is 11.2 Å². The quantitative estimate of drug-likeness (QED) is 0.401. The Labute approximate surface area is 164 Å². The van der Waals surface area contributed by atoms with E-state index < -0.39 is 23.6 Å². The highest BCUT2D eigenvalue weighted by atomic mass is 19.1. The van der Waals surface area contributed by atoms with Crippen molar-refractivity contribution in [3.05, 3.63) is 47.0 Å². The Morgan fingerprint density at radius 3 is 2.50 bits per heavy atom. The first-order valence-electron chi connectivity index (χ1n) is 8.86. The van der Waals surface area contributed by atoms with Gasteiger partial charge >= 0.3 is 0 Å². The van der Waals surface area contributed by atoms with Crippen molar-refractivity contribution in [3.8, 4) is 23.7 Å². The van der Waals surface area contributed by atoms with E-state index in [0.29, 0.717) is 13.0 Å². The molecule has 2 atom stereocenters. The van der Waals surface area contributed by atoms with Gasteiger partial charge in [0.15, 0.2) is 0 Å². The Hall–Kier alpha value is -2.93. The first kappa shape index (κ1) is 21.4. The summed E-state index contributed by atoms with van der Waals surface area (Å²) >= 11 is 0. The molecule has 28 heavy (non-hydrogen) atoms. The molecule has 1 aliphatic heterocycles. The smallest absolute Gasteiger partial charge is 0.252 e. The second-order valence-corrected chi connectivity index (χ2v) is 7.03. The van der Waals surface area contributed by atoms with Gasteiger partial charge in [-0.05, 0) is 62.3 Å². The SMILES string of the molecule is CC(CCc1ccc(C#CC#CC2=CCN=C2)cc1)(C(=O)NO)[C@](C)(O)CF. The second-order valence-electron chi connectivity index (χ2n) is 7.03. The number of nitrogens with zero attached hydrogens (tertiary/aromatic N) is 1. The second kappa shape index (κ2) is 9.32. The molecule has 0 bridgehead atoms. The maximum Gasteiger partial charge on any atom is 0.252 e. The summed E-state index contributed by atoms with van der Waals surface area (Å²) in [4.78, 5) is 16.1. The molecule has 1 unspecified atom stereocenters. The van der Waals surface area contributed by atoms with E-state index in [1.54, 1.807) is 6.21 Å². The summed E-state index contributed by atoms with van der Waals surface area (Å²) in [5.41, 5.74) is 0.702. The van der Waals surface area contributed by atoms with Crippen molar-refractivity contribution in [3.63, 3.8) is 0 Å². The number of hydroxylamine groups is 1. The molecule has 0 fully saturated rings. The normalized spacial score (nSPS) is 16.5. The maximum absolute atomic E-state index is 13.2. The summed E-state index contributed by atoms with van der Waals surface area (Å²) < 4.78 is 13.2. The van der Waals surface area contributed by atoms with E-state index in [-0.39, 0.29) is 6.42 Å². The van der Waals surface area contributed by atoms with Crippen LogP contribution in [0.25, 0.3) is 0 Å². The molecule has 146 valence electrons. The Balaban J connectivity index is 2.03. The van der Waals surface area contributed by atoms with Gasteiger partial charge in [-0.2, -0.15) is 0 Å². The molecule has 3 N–H and O–H groups in total. The van der Waals surface area contributed by atoms with Gasteiger partial charge in [0.25, 0.3) is 5.91 Å². The number of amides is 1. The lowest BCUT2D eigenvalue weighted by atomic mass is 9.70. The molecule has 0 radical (unpaired) electrons. The Morgan fingerprint density at radius 2 is 1.93 bits per heavy atom.